The highest BCUT2D eigenvalue weighted by Gasteiger charge is 2.14. The first kappa shape index (κ1) is 14.4. The summed E-state index contributed by atoms with van der Waals surface area (Å²) in [5.74, 6) is 0.186. The van der Waals surface area contributed by atoms with Gasteiger partial charge in [0.05, 0.1) is 12.7 Å². The molecule has 2 aromatic rings. The maximum atomic E-state index is 12.1. The van der Waals surface area contributed by atoms with Crippen LogP contribution < -0.4 is 10.1 Å². The van der Waals surface area contributed by atoms with Crippen molar-refractivity contribution >= 4 is 21.8 Å². The number of hydrogen-bond acceptors (Lipinski definition) is 3. The quantitative estimate of drug-likeness (QED) is 0.903. The second-order valence-electron chi connectivity index (χ2n) is 4.08. The van der Waals surface area contributed by atoms with Crippen LogP contribution in [-0.2, 0) is 6.54 Å². The van der Waals surface area contributed by atoms with Gasteiger partial charge in [0, 0.05) is 17.1 Å². The van der Waals surface area contributed by atoms with Gasteiger partial charge in [0.25, 0.3) is 5.91 Å². The van der Waals surface area contributed by atoms with Crippen molar-refractivity contribution in [1.29, 1.82) is 0 Å². The van der Waals surface area contributed by atoms with Crippen molar-refractivity contribution in [2.75, 3.05) is 7.11 Å². The fourth-order valence-electron chi connectivity index (χ4n) is 1.73. The van der Waals surface area contributed by atoms with Crippen LogP contribution in [0.2, 0.25) is 0 Å². The number of aromatic hydroxyl groups is 1. The van der Waals surface area contributed by atoms with Crippen molar-refractivity contribution in [1.82, 2.24) is 5.32 Å². The van der Waals surface area contributed by atoms with E-state index in [1.165, 1.54) is 6.07 Å². The lowest BCUT2D eigenvalue weighted by Crippen LogP contribution is -2.23. The Kier molecular flexibility index (Phi) is 4.63. The SMILES string of the molecule is COc1cccc(CNC(=O)c2c(O)[c]ccc2Br)c1. The van der Waals surface area contributed by atoms with E-state index in [1.807, 2.05) is 24.3 Å². The fourth-order valence-corrected chi connectivity index (χ4v) is 2.23. The van der Waals surface area contributed by atoms with Gasteiger partial charge in [-0.1, -0.05) is 12.1 Å². The Morgan fingerprint density at radius 2 is 2.25 bits per heavy atom. The molecule has 0 bridgehead atoms. The topological polar surface area (TPSA) is 58.6 Å². The van der Waals surface area contributed by atoms with Crippen LogP contribution in [0.15, 0.2) is 40.9 Å². The summed E-state index contributed by atoms with van der Waals surface area (Å²) in [4.78, 5) is 12.1. The Morgan fingerprint density at radius 1 is 1.45 bits per heavy atom. The van der Waals surface area contributed by atoms with Gasteiger partial charge in [-0.25, -0.2) is 0 Å². The maximum absolute atomic E-state index is 12.1. The molecule has 4 nitrogen and oxygen atoms in total. The molecule has 2 rings (SSSR count). The smallest absolute Gasteiger partial charge is 0.256 e. The number of hydrogen-bond donors (Lipinski definition) is 2. The summed E-state index contributed by atoms with van der Waals surface area (Å²) in [5, 5.41) is 12.4. The summed E-state index contributed by atoms with van der Waals surface area (Å²) in [7, 11) is 1.59. The molecule has 0 aromatic heterocycles. The number of rotatable bonds is 4. The molecule has 0 saturated carbocycles. The number of carbonyl (C=O) groups excluding carboxylic acids is 1. The van der Waals surface area contributed by atoms with Crippen molar-refractivity contribution in [3.63, 3.8) is 0 Å². The Morgan fingerprint density at radius 3 is 2.95 bits per heavy atom. The lowest BCUT2D eigenvalue weighted by molar-refractivity contribution is 0.0947. The minimum atomic E-state index is -0.367. The zero-order valence-electron chi connectivity index (χ0n) is 10.8. The van der Waals surface area contributed by atoms with E-state index in [1.54, 1.807) is 13.2 Å². The molecule has 0 saturated heterocycles. The first-order valence-corrected chi connectivity index (χ1v) is 6.71. The summed E-state index contributed by atoms with van der Waals surface area (Å²) in [6.07, 6.45) is 0. The van der Waals surface area contributed by atoms with Gasteiger partial charge in [0.2, 0.25) is 0 Å². The van der Waals surface area contributed by atoms with E-state index >= 15 is 0 Å². The Labute approximate surface area is 125 Å². The van der Waals surface area contributed by atoms with Crippen molar-refractivity contribution in [3.8, 4) is 11.5 Å². The molecule has 5 heteroatoms. The molecule has 0 aliphatic rings. The van der Waals surface area contributed by atoms with Crippen LogP contribution >= 0.6 is 15.9 Å². The molecule has 1 amide bonds. The predicted octanol–water partition coefficient (Wildman–Crippen LogP) is 2.89. The summed E-state index contributed by atoms with van der Waals surface area (Å²) >= 11 is 3.24. The molecule has 0 aliphatic heterocycles. The van der Waals surface area contributed by atoms with E-state index < -0.39 is 0 Å². The number of phenolic OH excluding ortho intramolecular Hbond substituents is 1. The number of benzene rings is 2. The van der Waals surface area contributed by atoms with Gasteiger partial charge < -0.3 is 15.2 Å². The third-order valence-corrected chi connectivity index (χ3v) is 3.40. The molecular formula is C15H13BrNO3. The third kappa shape index (κ3) is 3.30. The summed E-state index contributed by atoms with van der Waals surface area (Å²) in [6, 6.07) is 13.2. The van der Waals surface area contributed by atoms with E-state index in [0.29, 0.717) is 11.0 Å². The van der Waals surface area contributed by atoms with Gasteiger partial charge in [-0.3, -0.25) is 4.79 Å². The van der Waals surface area contributed by atoms with Gasteiger partial charge in [0.1, 0.15) is 11.5 Å². The van der Waals surface area contributed by atoms with E-state index in [0.717, 1.165) is 11.3 Å². The highest BCUT2D eigenvalue weighted by Crippen LogP contribution is 2.25. The van der Waals surface area contributed by atoms with Gasteiger partial charge >= 0.3 is 0 Å². The lowest BCUT2D eigenvalue weighted by atomic mass is 10.1. The molecule has 2 aromatic carbocycles. The minimum Gasteiger partial charge on any atom is -0.506 e. The monoisotopic (exact) mass is 334 g/mol. The molecule has 0 unspecified atom stereocenters. The zero-order valence-corrected chi connectivity index (χ0v) is 12.4. The molecule has 20 heavy (non-hydrogen) atoms. The van der Waals surface area contributed by atoms with Gasteiger partial charge in [-0.15, -0.1) is 0 Å². The minimum absolute atomic E-state index is 0.176. The molecular weight excluding hydrogens is 322 g/mol. The predicted molar refractivity (Wildman–Crippen MR) is 78.8 cm³/mol. The van der Waals surface area contributed by atoms with Crippen LogP contribution in [0.25, 0.3) is 0 Å². The van der Waals surface area contributed by atoms with Gasteiger partial charge in [-0.2, -0.15) is 0 Å². The first-order chi connectivity index (χ1) is 9.61. The second kappa shape index (κ2) is 6.43. The van der Waals surface area contributed by atoms with Crippen molar-refractivity contribution in [2.24, 2.45) is 0 Å². The number of ether oxygens (including phenoxy) is 1. The van der Waals surface area contributed by atoms with Crippen LogP contribution in [-0.4, -0.2) is 18.1 Å². The summed E-state index contributed by atoms with van der Waals surface area (Å²) in [6.45, 7) is 0.344. The number of halogens is 1. The molecule has 0 aliphatic carbocycles. The second-order valence-corrected chi connectivity index (χ2v) is 4.94. The standard InChI is InChI=1S/C15H13BrNO3/c1-20-11-5-2-4-10(8-11)9-17-15(19)14-12(16)6-3-7-13(14)18/h2-6,8,18H,9H2,1H3,(H,17,19). The van der Waals surface area contributed by atoms with Crippen LogP contribution in [0.1, 0.15) is 15.9 Å². The average Bonchev–Trinajstić information content (AvgIpc) is 2.45. The van der Waals surface area contributed by atoms with Crippen LogP contribution in [0.3, 0.4) is 0 Å². The van der Waals surface area contributed by atoms with E-state index in [4.69, 9.17) is 4.74 Å². The van der Waals surface area contributed by atoms with E-state index in [9.17, 15) is 9.90 Å². The van der Waals surface area contributed by atoms with E-state index in [2.05, 4.69) is 27.3 Å². The number of amides is 1. The molecule has 0 atom stereocenters. The number of methoxy groups -OCH3 is 1. The molecule has 1 radical (unpaired) electrons. The largest absolute Gasteiger partial charge is 0.506 e. The van der Waals surface area contributed by atoms with Crippen molar-refractivity contribution in [3.05, 3.63) is 58.1 Å². The molecule has 0 heterocycles. The Balaban J connectivity index is 2.09. The maximum Gasteiger partial charge on any atom is 0.256 e. The number of nitrogens with one attached hydrogen (secondary N) is 1. The number of phenols is 1. The van der Waals surface area contributed by atoms with Crippen LogP contribution in [0.4, 0.5) is 0 Å². The highest BCUT2D eigenvalue weighted by atomic mass is 79.9. The summed E-state index contributed by atoms with van der Waals surface area (Å²) < 4.78 is 5.64. The molecule has 0 fully saturated rings. The number of carbonyl (C=O) groups is 1. The normalized spacial score (nSPS) is 10.1. The van der Waals surface area contributed by atoms with Gasteiger partial charge in [0.15, 0.2) is 0 Å². The van der Waals surface area contributed by atoms with Crippen LogP contribution in [0, 0.1) is 6.07 Å². The first-order valence-electron chi connectivity index (χ1n) is 5.92. The zero-order chi connectivity index (χ0) is 14.5. The fraction of sp³-hybridized carbons (Fsp3) is 0.133. The van der Waals surface area contributed by atoms with E-state index in [-0.39, 0.29) is 17.2 Å². The molecule has 2 N–H and O–H groups in total. The average molecular weight is 335 g/mol. The van der Waals surface area contributed by atoms with Crippen LogP contribution in [0.5, 0.6) is 11.5 Å². The lowest BCUT2D eigenvalue weighted by Gasteiger charge is -2.09. The summed E-state index contributed by atoms with van der Waals surface area (Å²) in [5.41, 5.74) is 1.09. The third-order valence-electron chi connectivity index (χ3n) is 2.74. The highest BCUT2D eigenvalue weighted by molar-refractivity contribution is 9.10. The van der Waals surface area contributed by atoms with Crippen molar-refractivity contribution in [2.45, 2.75) is 6.54 Å². The molecule has 103 valence electrons. The van der Waals surface area contributed by atoms with Crippen molar-refractivity contribution < 1.29 is 14.6 Å². The van der Waals surface area contributed by atoms with Gasteiger partial charge in [-0.05, 0) is 45.8 Å². The Hall–Kier alpha value is -2.01. The molecule has 0 spiro atoms. The Bertz CT molecular complexity index is 608.